The minimum Gasteiger partial charge on any atom is -0.383 e. The molecule has 1 saturated heterocycles. The van der Waals surface area contributed by atoms with Crippen LogP contribution in [0.1, 0.15) is 12.8 Å². The first-order chi connectivity index (χ1) is 11.5. The van der Waals surface area contributed by atoms with Crippen LogP contribution >= 0.6 is 23.2 Å². The van der Waals surface area contributed by atoms with Crippen LogP contribution in [0.25, 0.3) is 0 Å². The summed E-state index contributed by atoms with van der Waals surface area (Å²) in [4.78, 5) is 26.4. The van der Waals surface area contributed by atoms with Crippen LogP contribution in [0.3, 0.4) is 0 Å². The minimum atomic E-state index is -0.473. The molecular weight excluding hydrogens is 353 g/mol. The number of hydrogen-bond acceptors (Lipinski definition) is 4. The van der Waals surface area contributed by atoms with Gasteiger partial charge in [0, 0.05) is 35.9 Å². The van der Waals surface area contributed by atoms with Gasteiger partial charge in [0.1, 0.15) is 6.04 Å². The summed E-state index contributed by atoms with van der Waals surface area (Å²) >= 11 is 11.9. The zero-order valence-corrected chi connectivity index (χ0v) is 15.0. The highest BCUT2D eigenvalue weighted by Crippen LogP contribution is 2.24. The predicted octanol–water partition coefficient (Wildman–Crippen LogP) is 2.16. The average Bonchev–Trinajstić information content (AvgIpc) is 3.00. The Labute approximate surface area is 151 Å². The summed E-state index contributed by atoms with van der Waals surface area (Å²) in [7, 11) is 1.60. The van der Waals surface area contributed by atoms with Gasteiger partial charge in [-0.2, -0.15) is 0 Å². The van der Waals surface area contributed by atoms with Gasteiger partial charge in [-0.1, -0.05) is 23.2 Å². The third-order valence-corrected chi connectivity index (χ3v) is 4.20. The van der Waals surface area contributed by atoms with E-state index in [0.717, 1.165) is 6.42 Å². The summed E-state index contributed by atoms with van der Waals surface area (Å²) in [6.07, 6.45) is 1.45. The predicted molar refractivity (Wildman–Crippen MR) is 94.6 cm³/mol. The third kappa shape index (κ3) is 5.34. The van der Waals surface area contributed by atoms with Crippen molar-refractivity contribution in [3.05, 3.63) is 28.2 Å². The van der Waals surface area contributed by atoms with Gasteiger partial charge in [-0.05, 0) is 31.0 Å². The first kappa shape index (κ1) is 19.0. The molecule has 1 aromatic carbocycles. The summed E-state index contributed by atoms with van der Waals surface area (Å²) < 4.78 is 4.92. The van der Waals surface area contributed by atoms with Gasteiger partial charge in [0.2, 0.25) is 11.8 Å². The lowest BCUT2D eigenvalue weighted by Crippen LogP contribution is -2.46. The van der Waals surface area contributed by atoms with Crippen molar-refractivity contribution in [3.8, 4) is 0 Å². The van der Waals surface area contributed by atoms with Gasteiger partial charge in [-0.25, -0.2) is 0 Å². The van der Waals surface area contributed by atoms with Crippen LogP contribution in [-0.4, -0.2) is 56.1 Å². The molecule has 132 valence electrons. The zero-order chi connectivity index (χ0) is 17.5. The Bertz CT molecular complexity index is 578. The van der Waals surface area contributed by atoms with Gasteiger partial charge in [0.05, 0.1) is 13.2 Å². The largest absolute Gasteiger partial charge is 0.383 e. The monoisotopic (exact) mass is 373 g/mol. The summed E-state index contributed by atoms with van der Waals surface area (Å²) in [5, 5.41) is 6.68. The van der Waals surface area contributed by atoms with Crippen LogP contribution in [-0.2, 0) is 14.3 Å². The van der Waals surface area contributed by atoms with E-state index in [9.17, 15) is 9.59 Å². The molecule has 8 heteroatoms. The zero-order valence-electron chi connectivity index (χ0n) is 13.5. The van der Waals surface area contributed by atoms with Gasteiger partial charge in [-0.15, -0.1) is 0 Å². The number of rotatable bonds is 7. The Hall–Kier alpha value is -1.34. The fourth-order valence-corrected chi connectivity index (χ4v) is 3.19. The average molecular weight is 374 g/mol. The number of methoxy groups -OCH3 is 1. The van der Waals surface area contributed by atoms with Crippen molar-refractivity contribution in [1.82, 2.24) is 10.2 Å². The highest BCUT2D eigenvalue weighted by Gasteiger charge is 2.33. The quantitative estimate of drug-likeness (QED) is 0.718. The Balaban J connectivity index is 1.93. The van der Waals surface area contributed by atoms with Gasteiger partial charge >= 0.3 is 0 Å². The highest BCUT2D eigenvalue weighted by molar-refractivity contribution is 6.35. The number of benzene rings is 1. The summed E-state index contributed by atoms with van der Waals surface area (Å²) in [5.41, 5.74) is 0.523. The van der Waals surface area contributed by atoms with E-state index < -0.39 is 6.04 Å². The molecule has 1 unspecified atom stereocenters. The van der Waals surface area contributed by atoms with Crippen LogP contribution < -0.4 is 10.6 Å². The molecule has 24 heavy (non-hydrogen) atoms. The van der Waals surface area contributed by atoms with Crippen LogP contribution in [0.4, 0.5) is 5.69 Å². The molecule has 0 aromatic heterocycles. The van der Waals surface area contributed by atoms with Crippen LogP contribution in [0.5, 0.6) is 0 Å². The van der Waals surface area contributed by atoms with Crippen LogP contribution in [0.2, 0.25) is 10.0 Å². The molecule has 1 aromatic rings. The molecule has 2 rings (SSSR count). The Morgan fingerprint density at radius 2 is 2.00 bits per heavy atom. The normalized spacial score (nSPS) is 17.1. The first-order valence-corrected chi connectivity index (χ1v) is 8.53. The number of nitrogens with one attached hydrogen (secondary N) is 2. The molecule has 0 radical (unpaired) electrons. The molecule has 2 amide bonds. The smallest absolute Gasteiger partial charge is 0.247 e. The number of nitrogens with zero attached hydrogens (tertiary/aromatic N) is 1. The van der Waals surface area contributed by atoms with E-state index in [2.05, 4.69) is 10.6 Å². The standard InChI is InChI=1S/C16H21Cl2N3O3/c1-24-6-4-19-10-15(22)21-5-2-3-14(21)16(23)20-13-8-11(17)7-12(18)9-13/h7-9,14,19H,2-6,10H2,1H3,(H,20,23). The van der Waals surface area contributed by atoms with Gasteiger partial charge in [-0.3, -0.25) is 9.59 Å². The van der Waals surface area contributed by atoms with Crippen LogP contribution in [0.15, 0.2) is 18.2 Å². The Morgan fingerprint density at radius 1 is 1.29 bits per heavy atom. The molecular formula is C16H21Cl2N3O3. The molecule has 0 spiro atoms. The molecule has 1 atom stereocenters. The van der Waals surface area contributed by atoms with E-state index in [-0.39, 0.29) is 18.4 Å². The minimum absolute atomic E-state index is 0.0899. The number of anilines is 1. The highest BCUT2D eigenvalue weighted by atomic mass is 35.5. The maximum atomic E-state index is 12.5. The van der Waals surface area contributed by atoms with Gasteiger partial charge in [0.25, 0.3) is 0 Å². The second-order valence-corrected chi connectivity index (χ2v) is 6.43. The molecule has 0 saturated carbocycles. The van der Waals surface area contributed by atoms with Gasteiger partial charge < -0.3 is 20.3 Å². The van der Waals surface area contributed by atoms with E-state index >= 15 is 0 Å². The molecule has 2 N–H and O–H groups in total. The topological polar surface area (TPSA) is 70.7 Å². The number of carbonyl (C=O) groups excluding carboxylic acids is 2. The molecule has 1 aliphatic rings. The molecule has 1 fully saturated rings. The van der Waals surface area contributed by atoms with E-state index in [4.69, 9.17) is 27.9 Å². The first-order valence-electron chi connectivity index (χ1n) is 7.77. The second kappa shape index (κ2) is 9.22. The van der Waals surface area contributed by atoms with Crippen molar-refractivity contribution in [2.24, 2.45) is 0 Å². The number of hydrogen-bond donors (Lipinski definition) is 2. The lowest BCUT2D eigenvalue weighted by atomic mass is 10.2. The van der Waals surface area contributed by atoms with Crippen LogP contribution in [0, 0.1) is 0 Å². The van der Waals surface area contributed by atoms with E-state index in [1.165, 1.54) is 0 Å². The van der Waals surface area contributed by atoms with Crippen molar-refractivity contribution < 1.29 is 14.3 Å². The Morgan fingerprint density at radius 3 is 2.67 bits per heavy atom. The van der Waals surface area contributed by atoms with Crippen molar-refractivity contribution in [2.75, 3.05) is 38.7 Å². The summed E-state index contributed by atoms with van der Waals surface area (Å²) in [5.74, 6) is -0.316. The fourth-order valence-electron chi connectivity index (χ4n) is 2.66. The Kier molecular flexibility index (Phi) is 7.30. The van der Waals surface area contributed by atoms with Gasteiger partial charge in [0.15, 0.2) is 0 Å². The van der Waals surface area contributed by atoms with E-state index in [1.54, 1.807) is 30.2 Å². The number of carbonyl (C=O) groups is 2. The molecule has 0 bridgehead atoms. The van der Waals surface area contributed by atoms with E-state index in [1.807, 2.05) is 0 Å². The molecule has 6 nitrogen and oxygen atoms in total. The molecule has 1 aliphatic heterocycles. The number of amides is 2. The maximum Gasteiger partial charge on any atom is 0.247 e. The van der Waals surface area contributed by atoms with Crippen molar-refractivity contribution >= 4 is 40.7 Å². The second-order valence-electron chi connectivity index (χ2n) is 5.56. The van der Waals surface area contributed by atoms with E-state index in [0.29, 0.717) is 41.8 Å². The lowest BCUT2D eigenvalue weighted by molar-refractivity contribution is -0.135. The number of ether oxygens (including phenoxy) is 1. The third-order valence-electron chi connectivity index (χ3n) is 3.77. The van der Waals surface area contributed by atoms with Crippen molar-refractivity contribution in [3.63, 3.8) is 0 Å². The van der Waals surface area contributed by atoms with Crippen molar-refractivity contribution in [2.45, 2.75) is 18.9 Å². The number of likely N-dealkylation sites (tertiary alicyclic amines) is 1. The molecule has 0 aliphatic carbocycles. The van der Waals surface area contributed by atoms with Crippen molar-refractivity contribution in [1.29, 1.82) is 0 Å². The maximum absolute atomic E-state index is 12.5. The lowest BCUT2D eigenvalue weighted by Gasteiger charge is -2.24. The fraction of sp³-hybridized carbons (Fsp3) is 0.500. The summed E-state index contributed by atoms with van der Waals surface area (Å²) in [6.45, 7) is 1.90. The summed E-state index contributed by atoms with van der Waals surface area (Å²) in [6, 6.07) is 4.37. The number of halogens is 2. The molecule has 1 heterocycles. The SMILES string of the molecule is COCCNCC(=O)N1CCCC1C(=O)Nc1cc(Cl)cc(Cl)c1.